The highest BCUT2D eigenvalue weighted by Crippen LogP contribution is 2.52. The Balaban J connectivity index is 0.000000245. The zero-order chi connectivity index (χ0) is 38.3. The number of aliphatic hydroxyl groups excluding tert-OH is 3. The van der Waals surface area contributed by atoms with Crippen molar-refractivity contribution >= 4 is 5.97 Å². The molecule has 10 nitrogen and oxygen atoms in total. The summed E-state index contributed by atoms with van der Waals surface area (Å²) in [6.07, 6.45) is 9.61. The molecule has 3 aromatic carbocycles. The molecule has 55 heavy (non-hydrogen) atoms. The van der Waals surface area contributed by atoms with Crippen LogP contribution in [0.25, 0.3) is 0 Å². The Morgan fingerprint density at radius 2 is 1.51 bits per heavy atom. The Bertz CT molecular complexity index is 1530. The molecule has 5 N–H and O–H groups in total. The Morgan fingerprint density at radius 1 is 0.873 bits per heavy atom. The van der Waals surface area contributed by atoms with E-state index in [9.17, 15) is 25.2 Å². The molecule has 6 rings (SSSR count). The van der Waals surface area contributed by atoms with Crippen LogP contribution in [0.15, 0.2) is 78.9 Å². The van der Waals surface area contributed by atoms with Gasteiger partial charge in [-0.15, -0.1) is 0 Å². The number of aliphatic hydroxyl groups is 3. The van der Waals surface area contributed by atoms with Crippen LogP contribution in [0.4, 0.5) is 0 Å². The van der Waals surface area contributed by atoms with Gasteiger partial charge in [-0.2, -0.15) is 0 Å². The van der Waals surface area contributed by atoms with E-state index in [2.05, 4.69) is 49.6 Å². The monoisotopic (exact) mass is 826 g/mol. The second kappa shape index (κ2) is 22.8. The van der Waals surface area contributed by atoms with Gasteiger partial charge in [-0.3, -0.25) is 4.79 Å². The number of carbonyl (C=O) groups is 1. The molecule has 6 atom stereocenters. The van der Waals surface area contributed by atoms with Crippen molar-refractivity contribution in [2.45, 2.75) is 114 Å². The van der Waals surface area contributed by atoms with Crippen molar-refractivity contribution in [3.63, 3.8) is 0 Å². The molecule has 3 heterocycles. The molecule has 0 aromatic heterocycles. The Kier molecular flexibility index (Phi) is 18.6. The number of epoxide rings is 1. The van der Waals surface area contributed by atoms with Crippen LogP contribution in [0.2, 0.25) is 0 Å². The summed E-state index contributed by atoms with van der Waals surface area (Å²) in [5.41, 5.74) is 3.34. The minimum atomic E-state index is -0.647. The molecule has 3 saturated heterocycles. The fraction of sp³-hybridized carbons (Fsp3) is 0.568. The number of likely N-dealkylation sites (N-methyl/N-ethyl adjacent to an activating group) is 1. The first-order chi connectivity index (χ1) is 26.3. The van der Waals surface area contributed by atoms with Gasteiger partial charge >= 0.3 is 5.97 Å². The van der Waals surface area contributed by atoms with Crippen LogP contribution in [0, 0.1) is 0 Å². The summed E-state index contributed by atoms with van der Waals surface area (Å²) in [4.78, 5) is 12.6. The lowest BCUT2D eigenvalue weighted by Crippen LogP contribution is -3.00. The number of nitrogens with one attached hydrogen (secondary N) is 1. The maximum absolute atomic E-state index is 12.6. The van der Waals surface area contributed by atoms with Gasteiger partial charge in [0.05, 0.1) is 32.9 Å². The molecule has 0 aliphatic carbocycles. The molecule has 5 unspecified atom stereocenters. The van der Waals surface area contributed by atoms with Crippen molar-refractivity contribution in [1.82, 2.24) is 5.32 Å². The van der Waals surface area contributed by atoms with Crippen molar-refractivity contribution in [2.24, 2.45) is 0 Å². The standard InChI is InChI=1S/C25H37NO4.C19H26NO4.BrH/c27-20-23-18-22(13-14-24(23)28)25(29)19-26-15-7-1-2-8-16-30-17-9-6-12-21-10-4-3-5-11-21;1-3-20(2)15-9-13(10-16(20)18-17(15)24-18)23-19(22)14(11-21)12-7-5-4-6-8-12;/h3-5,10-11,13-14,18,25-29H,1-2,6-9,12,15-17,19-20H2;4-8,13-18,21H,3,9-11H2,1-2H3;1H/q;+1;/p-1/t;13?,14-,15?,16?,17?,18?,20?;/m.1./s1. The first-order valence-electron chi connectivity index (χ1n) is 20.1. The number of phenols is 1. The summed E-state index contributed by atoms with van der Waals surface area (Å²) in [6.45, 7) is 5.87. The number of quaternary nitrogens is 1. The van der Waals surface area contributed by atoms with Crippen LogP contribution in [0.3, 0.4) is 0 Å². The molecule has 0 amide bonds. The maximum atomic E-state index is 12.6. The fourth-order valence-electron chi connectivity index (χ4n) is 8.25. The molecule has 3 aliphatic heterocycles. The molecule has 11 heteroatoms. The van der Waals surface area contributed by atoms with E-state index in [0.717, 1.165) is 87.7 Å². The molecule has 3 fully saturated rings. The van der Waals surface area contributed by atoms with E-state index >= 15 is 0 Å². The largest absolute Gasteiger partial charge is 1.00 e. The average Bonchev–Trinajstić information content (AvgIpc) is 3.97. The smallest absolute Gasteiger partial charge is 0.316 e. The molecule has 2 bridgehead atoms. The van der Waals surface area contributed by atoms with E-state index in [-0.39, 0.29) is 48.0 Å². The third kappa shape index (κ3) is 12.6. The molecule has 304 valence electrons. The summed E-state index contributed by atoms with van der Waals surface area (Å²) < 4.78 is 18.4. The summed E-state index contributed by atoms with van der Waals surface area (Å²) in [5, 5.41) is 41.9. The predicted molar refractivity (Wildman–Crippen MR) is 209 cm³/mol. The summed E-state index contributed by atoms with van der Waals surface area (Å²) in [7, 11) is 2.31. The molecule has 3 aliphatic rings. The number of hydrogen-bond acceptors (Lipinski definition) is 9. The highest BCUT2D eigenvalue weighted by Gasteiger charge is 2.71. The maximum Gasteiger partial charge on any atom is 0.316 e. The number of carbonyl (C=O) groups excluding carboxylic acids is 1. The van der Waals surface area contributed by atoms with E-state index in [1.807, 2.05) is 30.3 Å². The fourth-order valence-corrected chi connectivity index (χ4v) is 8.25. The number of halogens is 1. The molecule has 0 spiro atoms. The van der Waals surface area contributed by atoms with Gasteiger partial charge in [-0.05, 0) is 74.4 Å². The number of ether oxygens (including phenoxy) is 3. The Labute approximate surface area is 338 Å². The second-order valence-electron chi connectivity index (χ2n) is 15.3. The lowest BCUT2D eigenvalue weighted by molar-refractivity contribution is -0.954. The molecule has 0 radical (unpaired) electrons. The van der Waals surface area contributed by atoms with Gasteiger partial charge < -0.3 is 61.4 Å². The number of morpholine rings is 1. The number of rotatable bonds is 21. The number of hydrogen-bond donors (Lipinski definition) is 5. The van der Waals surface area contributed by atoms with Crippen molar-refractivity contribution < 1.29 is 60.9 Å². The molecule has 0 saturated carbocycles. The number of esters is 1. The molecular formula is C44H63BrN2O8. The van der Waals surface area contributed by atoms with Gasteiger partial charge in [0.25, 0.3) is 0 Å². The van der Waals surface area contributed by atoms with Crippen LogP contribution in [-0.2, 0) is 32.0 Å². The number of nitrogens with zero attached hydrogens (tertiary/aromatic N) is 1. The van der Waals surface area contributed by atoms with E-state index in [0.29, 0.717) is 42.0 Å². The summed E-state index contributed by atoms with van der Waals surface area (Å²) >= 11 is 0. The predicted octanol–water partition coefficient (Wildman–Crippen LogP) is 2.56. The highest BCUT2D eigenvalue weighted by atomic mass is 79.9. The van der Waals surface area contributed by atoms with Gasteiger partial charge in [0.2, 0.25) is 0 Å². The highest BCUT2D eigenvalue weighted by molar-refractivity contribution is 5.78. The number of piperidine rings is 1. The lowest BCUT2D eigenvalue weighted by Gasteiger charge is -2.47. The van der Waals surface area contributed by atoms with E-state index < -0.39 is 12.0 Å². The van der Waals surface area contributed by atoms with Crippen LogP contribution < -0.4 is 22.3 Å². The number of aryl methyl sites for hydroxylation is 1. The number of fused-ring (bicyclic) bond motifs is 5. The SMILES string of the molecule is CC[N+]1(C)C2CC(OC(=O)[C@H](CO)c3ccccc3)CC1C1OC12.OCc1cc(C(O)CNCCCCCCOCCCCc2ccccc2)ccc1O.[Br-]. The zero-order valence-electron chi connectivity index (χ0n) is 32.6. The quantitative estimate of drug-likeness (QED) is 0.0475. The van der Waals surface area contributed by atoms with E-state index in [4.69, 9.17) is 14.2 Å². The normalized spacial score (nSPS) is 24.4. The van der Waals surface area contributed by atoms with E-state index in [1.54, 1.807) is 12.1 Å². The Morgan fingerprint density at radius 3 is 2.15 bits per heavy atom. The Hall–Kier alpha value is -2.87. The summed E-state index contributed by atoms with van der Waals surface area (Å²) in [6, 6.07) is 25.7. The zero-order valence-corrected chi connectivity index (χ0v) is 34.2. The van der Waals surface area contributed by atoms with Crippen molar-refractivity contribution in [3.8, 4) is 5.75 Å². The first kappa shape index (κ1) is 44.8. The van der Waals surface area contributed by atoms with Crippen LogP contribution in [0.5, 0.6) is 5.75 Å². The van der Waals surface area contributed by atoms with Crippen molar-refractivity contribution in [2.75, 3.05) is 46.5 Å². The van der Waals surface area contributed by atoms with Crippen LogP contribution in [-0.4, -0.2) is 108 Å². The minimum Gasteiger partial charge on any atom is -1.00 e. The van der Waals surface area contributed by atoms with Crippen molar-refractivity contribution in [3.05, 3.63) is 101 Å². The third-order valence-electron chi connectivity index (χ3n) is 11.7. The minimum absolute atomic E-state index is 0. The average molecular weight is 828 g/mol. The van der Waals surface area contributed by atoms with Crippen molar-refractivity contribution in [1.29, 1.82) is 0 Å². The van der Waals surface area contributed by atoms with Gasteiger partial charge in [0.15, 0.2) is 0 Å². The number of aromatic hydroxyl groups is 1. The third-order valence-corrected chi connectivity index (χ3v) is 11.7. The number of unbranched alkanes of at least 4 members (excludes halogenated alkanes) is 4. The second-order valence-corrected chi connectivity index (χ2v) is 15.3. The number of benzene rings is 3. The lowest BCUT2D eigenvalue weighted by atomic mass is 9.95. The van der Waals surface area contributed by atoms with Gasteiger partial charge in [0.1, 0.15) is 42.1 Å². The van der Waals surface area contributed by atoms with Crippen LogP contribution >= 0.6 is 0 Å². The molecular weight excluding hydrogens is 764 g/mol. The van der Waals surface area contributed by atoms with Gasteiger partial charge in [0, 0.05) is 38.2 Å². The van der Waals surface area contributed by atoms with Gasteiger partial charge in [-0.1, -0.05) is 79.6 Å². The first-order valence-corrected chi connectivity index (χ1v) is 20.1. The summed E-state index contributed by atoms with van der Waals surface area (Å²) in [5.74, 6) is -0.850. The van der Waals surface area contributed by atoms with Gasteiger partial charge in [-0.25, -0.2) is 0 Å². The topological polar surface area (TPSA) is 141 Å². The van der Waals surface area contributed by atoms with E-state index in [1.165, 1.54) is 18.1 Å². The van der Waals surface area contributed by atoms with Crippen LogP contribution in [0.1, 0.15) is 92.6 Å². The molecule has 3 aromatic rings.